The molecule has 0 aromatic carbocycles. The maximum Gasteiger partial charge on any atom is 0.329 e. The molecule has 14 atom stereocenters. The minimum absolute atomic E-state index is 0.0359. The second-order valence-corrected chi connectivity index (χ2v) is 19.8. The lowest BCUT2D eigenvalue weighted by atomic mass is 9.81. The molecular weight excluding hydrogens is 839 g/mol. The molecule has 2 amide bonds. The summed E-state index contributed by atoms with van der Waals surface area (Å²) < 4.78 is 30.0. The number of Topliss-reactive ketones (excluding diaryl/α,β-unsaturated/α-hetero) is 2. The van der Waals surface area contributed by atoms with Crippen molar-refractivity contribution in [2.24, 2.45) is 29.6 Å². The van der Waals surface area contributed by atoms with Gasteiger partial charge in [-0.05, 0) is 102 Å². The highest BCUT2D eigenvalue weighted by atomic mass is 16.7. The molecule has 16 nitrogen and oxygen atoms in total. The fourth-order valence-corrected chi connectivity index (χ4v) is 10.8. The molecule has 0 unspecified atom stereocenters. The number of ether oxygens (including phenoxy) is 5. The van der Waals surface area contributed by atoms with E-state index in [1.807, 2.05) is 37.8 Å². The van der Waals surface area contributed by atoms with Crippen molar-refractivity contribution in [2.75, 3.05) is 54.1 Å². The monoisotopic (exact) mass is 918 g/mol. The van der Waals surface area contributed by atoms with Gasteiger partial charge in [0.05, 0.1) is 30.5 Å². The van der Waals surface area contributed by atoms with Crippen LogP contribution in [0.25, 0.3) is 0 Å². The van der Waals surface area contributed by atoms with E-state index in [0.29, 0.717) is 82.9 Å². The fourth-order valence-electron chi connectivity index (χ4n) is 10.8. The summed E-state index contributed by atoms with van der Waals surface area (Å²) in [6, 6.07) is -1.17. The lowest BCUT2D eigenvalue weighted by molar-refractivity contribution is -0.302. The number of carbonyl (C=O) groups excluding carboxylic acids is 5. The molecule has 4 aliphatic heterocycles. The van der Waals surface area contributed by atoms with Gasteiger partial charge in [-0.2, -0.15) is 0 Å². The number of ketones is 2. The Bertz CT molecular complexity index is 1700. The summed E-state index contributed by atoms with van der Waals surface area (Å²) >= 11 is 0. The number of amides is 2. The maximum absolute atomic E-state index is 14.5. The second-order valence-electron chi connectivity index (χ2n) is 19.8. The molecule has 3 saturated heterocycles. The normalized spacial score (nSPS) is 38.8. The number of nitrogens with zero attached hydrogens (tertiary/aromatic N) is 2. The van der Waals surface area contributed by atoms with Crippen LogP contribution in [0.4, 0.5) is 0 Å². The molecule has 2 bridgehead atoms. The first kappa shape index (κ1) is 52.9. The number of fused-ring (bicyclic) bond motifs is 3. The zero-order valence-corrected chi connectivity index (χ0v) is 40.2. The Kier molecular flexibility index (Phi) is 19.7. The molecule has 1 aliphatic carbocycles. The summed E-state index contributed by atoms with van der Waals surface area (Å²) in [5.74, 6) is -8.01. The first-order valence-electron chi connectivity index (χ1n) is 24.2. The summed E-state index contributed by atoms with van der Waals surface area (Å²) in [7, 11) is 4.60. The number of methoxy groups -OCH3 is 3. The van der Waals surface area contributed by atoms with Crippen molar-refractivity contribution in [1.29, 1.82) is 0 Å². The first-order chi connectivity index (χ1) is 30.9. The minimum atomic E-state index is -2.54. The summed E-state index contributed by atoms with van der Waals surface area (Å²) in [5, 5.41) is 37.9. The standard InChI is InChI=1S/C49H79N3O13/c1-29-22-30(2)24-41(62-7)45-42(63-8)26-32(4)49(60,65-45)46(57)47(58)52-19-10-9-13-36(52)48(59)64-44(31(3)25-34-15-16-37(53)40(27-34)61-6)33(5)38(54)28-39(55)35(23-29)12-11-14-43(56)51-20-17-50-18-21-51/h23,25,30,32-38,40-42,44-45,50,53-54,60H,9-22,24,26-28H2,1-8H3/b29-23+,31-25+/t30-,32+,33+,34-,35+,36-,37+,38-,40+,41-,42-,44+,45+,49+/m0/s1. The molecule has 4 N–H and O–H groups in total. The van der Waals surface area contributed by atoms with Crippen LogP contribution >= 0.6 is 0 Å². The molecule has 1 saturated carbocycles. The van der Waals surface area contributed by atoms with Gasteiger partial charge in [0, 0.05) is 84.6 Å². The molecule has 0 aromatic heterocycles. The van der Waals surface area contributed by atoms with Crippen molar-refractivity contribution >= 4 is 29.4 Å². The number of cyclic esters (lactones) is 1. The summed E-state index contributed by atoms with van der Waals surface area (Å²) in [6.07, 6.45) is 3.60. The number of nitrogens with one attached hydrogen (secondary N) is 1. The van der Waals surface area contributed by atoms with Crippen molar-refractivity contribution in [2.45, 2.75) is 173 Å². The summed E-state index contributed by atoms with van der Waals surface area (Å²) in [6.45, 7) is 12.0. The Morgan fingerprint density at radius 2 is 1.57 bits per heavy atom. The average Bonchev–Trinajstić information content (AvgIpc) is 3.29. The van der Waals surface area contributed by atoms with E-state index >= 15 is 0 Å². The highest BCUT2D eigenvalue weighted by molar-refractivity contribution is 6.39. The Hall–Kier alpha value is -3.09. The van der Waals surface area contributed by atoms with Crippen molar-refractivity contribution in [3.8, 4) is 0 Å². The van der Waals surface area contributed by atoms with Gasteiger partial charge in [0.2, 0.25) is 11.7 Å². The lowest BCUT2D eigenvalue weighted by Gasteiger charge is -2.47. The molecule has 5 aliphatic rings. The molecule has 368 valence electrons. The molecule has 16 heteroatoms. The smallest absolute Gasteiger partial charge is 0.329 e. The van der Waals surface area contributed by atoms with Crippen LogP contribution in [0.1, 0.15) is 118 Å². The average molecular weight is 918 g/mol. The third-order valence-electron chi connectivity index (χ3n) is 14.8. The quantitative estimate of drug-likeness (QED) is 0.148. The Labute approximate surface area is 386 Å². The molecule has 65 heavy (non-hydrogen) atoms. The predicted octanol–water partition coefficient (Wildman–Crippen LogP) is 3.67. The van der Waals surface area contributed by atoms with E-state index in [2.05, 4.69) is 5.32 Å². The molecule has 4 fully saturated rings. The fraction of sp³-hybridized carbons (Fsp3) is 0.816. The van der Waals surface area contributed by atoms with Gasteiger partial charge in [0.15, 0.2) is 0 Å². The van der Waals surface area contributed by atoms with Crippen LogP contribution in [-0.2, 0) is 47.7 Å². The summed E-state index contributed by atoms with van der Waals surface area (Å²) in [5.41, 5.74) is 1.56. The van der Waals surface area contributed by atoms with Crippen LogP contribution in [0.15, 0.2) is 23.3 Å². The van der Waals surface area contributed by atoms with E-state index in [0.717, 1.165) is 18.7 Å². The highest BCUT2D eigenvalue weighted by Gasteiger charge is 2.56. The van der Waals surface area contributed by atoms with E-state index < -0.39 is 83.9 Å². The SMILES string of the molecule is CO[C@H]1C[C@@H](C)C/C(C)=C/[C@@H](CCCC(=O)N2CCNCC2)C(=O)C[C@H](O)[C@@H](C)[C@@H](/C(C)=C/[C@@H]2CC[C@@H](O)[C@H](OC)C2)OC(=O)[C@@H]2CCCCN2C(=O)C(=O)[C@]2(O)O[C@H]1[C@@H](OC)C[C@H]2C. The van der Waals surface area contributed by atoms with Crippen LogP contribution in [0.5, 0.6) is 0 Å². The van der Waals surface area contributed by atoms with Crippen LogP contribution in [0.2, 0.25) is 0 Å². The molecule has 5 rings (SSSR count). The topological polar surface area (TPSA) is 211 Å². The predicted molar refractivity (Wildman–Crippen MR) is 241 cm³/mol. The number of allylic oxidation sites excluding steroid dienone is 3. The Morgan fingerprint density at radius 3 is 2.25 bits per heavy atom. The maximum atomic E-state index is 14.5. The second kappa shape index (κ2) is 24.3. The molecular formula is C49H79N3O13. The van der Waals surface area contributed by atoms with Crippen LogP contribution in [0, 0.1) is 29.6 Å². The van der Waals surface area contributed by atoms with Gasteiger partial charge in [-0.15, -0.1) is 0 Å². The van der Waals surface area contributed by atoms with Crippen LogP contribution in [0.3, 0.4) is 0 Å². The van der Waals surface area contributed by atoms with Crippen molar-refractivity contribution < 1.29 is 63.0 Å². The van der Waals surface area contributed by atoms with E-state index in [-0.39, 0.29) is 55.4 Å². The van der Waals surface area contributed by atoms with Crippen LogP contribution in [-0.4, -0.2) is 163 Å². The van der Waals surface area contributed by atoms with Crippen LogP contribution < -0.4 is 5.32 Å². The number of piperidine rings is 1. The van der Waals surface area contributed by atoms with E-state index in [1.165, 1.54) is 19.1 Å². The molecule has 0 radical (unpaired) electrons. The zero-order chi connectivity index (χ0) is 47.6. The minimum Gasteiger partial charge on any atom is -0.456 e. The van der Waals surface area contributed by atoms with Gasteiger partial charge in [-0.1, -0.05) is 38.5 Å². The van der Waals surface area contributed by atoms with E-state index in [4.69, 9.17) is 23.7 Å². The highest BCUT2D eigenvalue weighted by Crippen LogP contribution is 2.39. The van der Waals surface area contributed by atoms with E-state index in [9.17, 15) is 39.3 Å². The number of aliphatic hydroxyl groups excluding tert-OH is 2. The Balaban J connectivity index is 1.52. The number of hydrogen-bond acceptors (Lipinski definition) is 14. The van der Waals surface area contributed by atoms with Crippen molar-refractivity contribution in [1.82, 2.24) is 15.1 Å². The number of aliphatic hydroxyl groups is 3. The number of esters is 1. The number of rotatable bonds is 9. The van der Waals surface area contributed by atoms with Gasteiger partial charge in [-0.3, -0.25) is 19.2 Å². The third-order valence-corrected chi connectivity index (χ3v) is 14.8. The largest absolute Gasteiger partial charge is 0.456 e. The number of piperazine rings is 1. The summed E-state index contributed by atoms with van der Waals surface area (Å²) in [4.78, 5) is 73.8. The lowest BCUT2D eigenvalue weighted by Crippen LogP contribution is -2.64. The first-order valence-corrected chi connectivity index (χ1v) is 24.2. The van der Waals surface area contributed by atoms with Crippen molar-refractivity contribution in [3.63, 3.8) is 0 Å². The molecule has 0 spiro atoms. The molecule has 4 heterocycles. The van der Waals surface area contributed by atoms with E-state index in [1.54, 1.807) is 21.0 Å². The Morgan fingerprint density at radius 1 is 0.892 bits per heavy atom. The third kappa shape index (κ3) is 13.3. The number of hydrogen-bond donors (Lipinski definition) is 4. The van der Waals surface area contributed by atoms with Gasteiger partial charge >= 0.3 is 5.97 Å². The molecule has 0 aromatic rings. The number of carbonyl (C=O) groups is 5. The van der Waals surface area contributed by atoms with Gasteiger partial charge < -0.3 is 54.1 Å². The van der Waals surface area contributed by atoms with Crippen molar-refractivity contribution in [3.05, 3.63) is 23.3 Å². The van der Waals surface area contributed by atoms with Gasteiger partial charge in [0.25, 0.3) is 11.7 Å². The van der Waals surface area contributed by atoms with Gasteiger partial charge in [0.1, 0.15) is 24.0 Å². The van der Waals surface area contributed by atoms with Gasteiger partial charge in [-0.25, -0.2) is 4.79 Å². The zero-order valence-electron chi connectivity index (χ0n) is 40.2.